The SMILES string of the molecule is CC1C/C(=C\c2ccc(N=[N+]=[N-])cc2)C(=O)/C(=C/c2ccc(N=[N+]=[N-])cc2)C1.CCN(CC)C1=CC2OC3=CC(=O)C4CC=CCC4C3N=C2C=C1. The molecule has 0 radical (unpaired) electrons. The lowest BCUT2D eigenvalue weighted by molar-refractivity contribution is -0.121. The Morgan fingerprint density at radius 3 is 2.00 bits per heavy atom. The van der Waals surface area contributed by atoms with Crippen molar-refractivity contribution in [2.45, 2.75) is 58.6 Å². The number of ketones is 2. The summed E-state index contributed by atoms with van der Waals surface area (Å²) in [7, 11) is 0. The molecule has 1 aliphatic heterocycles. The average Bonchev–Trinajstić information content (AvgIpc) is 3.15. The molecule has 0 saturated heterocycles. The molecular weight excluding hydrogens is 653 g/mol. The van der Waals surface area contributed by atoms with Gasteiger partial charge in [-0.05, 0) is 98.0 Å². The quantitative estimate of drug-likeness (QED) is 0.0929. The topological polar surface area (TPSA) is 156 Å². The molecule has 52 heavy (non-hydrogen) atoms. The number of allylic oxidation sites excluding steroid dienone is 6. The Labute approximate surface area is 303 Å². The number of carbonyl (C=O) groups is 2. The van der Waals surface area contributed by atoms with Gasteiger partial charge in [-0.15, -0.1) is 0 Å². The highest BCUT2D eigenvalue weighted by molar-refractivity contribution is 6.14. The zero-order chi connectivity index (χ0) is 36.6. The Balaban J connectivity index is 0.000000180. The predicted octanol–water partition coefficient (Wildman–Crippen LogP) is 10.1. The number of nitrogens with zero attached hydrogens (tertiary/aromatic N) is 8. The van der Waals surface area contributed by atoms with Gasteiger partial charge in [0.05, 0.1) is 5.71 Å². The fourth-order valence-electron chi connectivity index (χ4n) is 7.44. The van der Waals surface area contributed by atoms with E-state index in [-0.39, 0.29) is 35.5 Å². The van der Waals surface area contributed by atoms with Crippen LogP contribution in [0.25, 0.3) is 33.0 Å². The Hall–Kier alpha value is -5.89. The fraction of sp³-hybridized carbons (Fsp3) is 0.341. The maximum absolute atomic E-state index is 12.9. The Bertz CT molecular complexity index is 1940. The molecule has 4 unspecified atom stereocenters. The van der Waals surface area contributed by atoms with Gasteiger partial charge in [0.2, 0.25) is 0 Å². The number of Topliss-reactive ketones (excluding diaryl/α,β-unsaturated/α-hetero) is 1. The summed E-state index contributed by atoms with van der Waals surface area (Å²) in [4.78, 5) is 38.2. The van der Waals surface area contributed by atoms with Crippen LogP contribution in [0.15, 0.2) is 123 Å². The molecular formula is C41H42N8O3. The van der Waals surface area contributed by atoms with Crippen LogP contribution in [-0.4, -0.2) is 47.4 Å². The number of fused-ring (bicyclic) bond motifs is 4. The van der Waals surface area contributed by atoms with Gasteiger partial charge in [-0.3, -0.25) is 14.6 Å². The summed E-state index contributed by atoms with van der Waals surface area (Å²) in [5, 5.41) is 7.11. The maximum Gasteiger partial charge on any atom is 0.185 e. The molecule has 264 valence electrons. The number of rotatable bonds is 7. The van der Waals surface area contributed by atoms with Crippen molar-refractivity contribution in [1.29, 1.82) is 0 Å². The van der Waals surface area contributed by atoms with E-state index in [0.717, 1.165) is 72.5 Å². The Morgan fingerprint density at radius 2 is 1.44 bits per heavy atom. The first-order valence-electron chi connectivity index (χ1n) is 17.9. The van der Waals surface area contributed by atoms with Crippen molar-refractivity contribution in [2.24, 2.45) is 33.0 Å². The molecule has 1 heterocycles. The zero-order valence-corrected chi connectivity index (χ0v) is 29.7. The van der Waals surface area contributed by atoms with Crippen molar-refractivity contribution in [2.75, 3.05) is 13.1 Å². The van der Waals surface area contributed by atoms with E-state index in [4.69, 9.17) is 20.8 Å². The van der Waals surface area contributed by atoms with Crippen LogP contribution in [0.3, 0.4) is 0 Å². The number of azide groups is 2. The number of ether oxygens (including phenoxy) is 1. The van der Waals surface area contributed by atoms with E-state index < -0.39 is 0 Å². The molecule has 5 aliphatic rings. The highest BCUT2D eigenvalue weighted by Gasteiger charge is 2.43. The van der Waals surface area contributed by atoms with Crippen molar-refractivity contribution < 1.29 is 14.3 Å². The first-order valence-corrected chi connectivity index (χ1v) is 17.9. The van der Waals surface area contributed by atoms with Gasteiger partial charge in [-0.1, -0.05) is 77.8 Å². The van der Waals surface area contributed by atoms with E-state index in [1.807, 2.05) is 36.4 Å². The smallest absolute Gasteiger partial charge is 0.185 e. The predicted molar refractivity (Wildman–Crippen MR) is 205 cm³/mol. The summed E-state index contributed by atoms with van der Waals surface area (Å²) in [6.45, 7) is 8.36. The minimum atomic E-state index is -0.170. The van der Waals surface area contributed by atoms with Gasteiger partial charge >= 0.3 is 0 Å². The van der Waals surface area contributed by atoms with Gasteiger partial charge in [-0.2, -0.15) is 0 Å². The zero-order valence-electron chi connectivity index (χ0n) is 29.7. The molecule has 2 aromatic rings. The molecule has 11 heteroatoms. The fourth-order valence-corrected chi connectivity index (χ4v) is 7.44. The first kappa shape index (κ1) is 35.9. The van der Waals surface area contributed by atoms with Crippen molar-refractivity contribution in [3.8, 4) is 0 Å². The summed E-state index contributed by atoms with van der Waals surface area (Å²) in [6.07, 6.45) is 19.2. The van der Waals surface area contributed by atoms with E-state index in [0.29, 0.717) is 17.3 Å². The normalized spacial score (nSPS) is 25.8. The number of carbonyl (C=O) groups excluding carboxylic acids is 2. The molecule has 1 fully saturated rings. The van der Waals surface area contributed by atoms with Crippen molar-refractivity contribution in [3.63, 3.8) is 0 Å². The van der Waals surface area contributed by atoms with Crippen LogP contribution in [0.2, 0.25) is 0 Å². The average molecular weight is 695 g/mol. The van der Waals surface area contributed by atoms with Crippen molar-refractivity contribution in [1.82, 2.24) is 4.90 Å². The minimum absolute atomic E-state index is 0.00282. The molecule has 0 spiro atoms. The molecule has 4 atom stereocenters. The summed E-state index contributed by atoms with van der Waals surface area (Å²) in [5.74, 6) is 1.70. The second-order valence-corrected chi connectivity index (χ2v) is 13.5. The van der Waals surface area contributed by atoms with E-state index in [1.54, 1.807) is 30.3 Å². The van der Waals surface area contributed by atoms with Gasteiger partial charge < -0.3 is 9.64 Å². The second-order valence-electron chi connectivity index (χ2n) is 13.5. The van der Waals surface area contributed by atoms with E-state index in [9.17, 15) is 9.59 Å². The molecule has 0 aromatic heterocycles. The van der Waals surface area contributed by atoms with Crippen LogP contribution in [0.5, 0.6) is 0 Å². The number of benzene rings is 2. The summed E-state index contributed by atoms with van der Waals surface area (Å²) >= 11 is 0. The van der Waals surface area contributed by atoms with Gasteiger partial charge in [0.15, 0.2) is 17.7 Å². The molecule has 7 rings (SSSR count). The molecule has 0 N–H and O–H groups in total. The van der Waals surface area contributed by atoms with Crippen LogP contribution < -0.4 is 0 Å². The lowest BCUT2D eigenvalue weighted by atomic mass is 9.72. The molecule has 2 aromatic carbocycles. The summed E-state index contributed by atoms with van der Waals surface area (Å²) < 4.78 is 6.21. The largest absolute Gasteiger partial charge is 0.482 e. The third-order valence-electron chi connectivity index (χ3n) is 10.1. The molecule has 4 aliphatic carbocycles. The van der Waals surface area contributed by atoms with Gasteiger partial charge in [0.1, 0.15) is 11.8 Å². The highest BCUT2D eigenvalue weighted by Crippen LogP contribution is 2.41. The second kappa shape index (κ2) is 16.4. The summed E-state index contributed by atoms with van der Waals surface area (Å²) in [6, 6.07) is 14.2. The summed E-state index contributed by atoms with van der Waals surface area (Å²) in [5.41, 5.74) is 23.5. The van der Waals surface area contributed by atoms with Crippen molar-refractivity contribution >= 4 is 40.8 Å². The van der Waals surface area contributed by atoms with Crippen LogP contribution in [0.4, 0.5) is 11.4 Å². The van der Waals surface area contributed by atoms with E-state index >= 15 is 0 Å². The maximum atomic E-state index is 12.9. The molecule has 1 saturated carbocycles. The van der Waals surface area contributed by atoms with Crippen LogP contribution in [0, 0.1) is 17.8 Å². The van der Waals surface area contributed by atoms with Gasteiger partial charge in [-0.25, -0.2) is 0 Å². The molecule has 0 bridgehead atoms. The van der Waals surface area contributed by atoms with Crippen molar-refractivity contribution in [3.05, 3.63) is 140 Å². The number of hydrogen-bond acceptors (Lipinski definition) is 7. The number of aliphatic imine (C=N–C) groups is 1. The number of likely N-dealkylation sites (N-methyl/N-ethyl adjacent to an activating group) is 1. The first-order chi connectivity index (χ1) is 25.3. The van der Waals surface area contributed by atoms with Gasteiger partial charge in [0, 0.05) is 69.0 Å². The Morgan fingerprint density at radius 1 is 0.865 bits per heavy atom. The van der Waals surface area contributed by atoms with Gasteiger partial charge in [0.25, 0.3) is 0 Å². The van der Waals surface area contributed by atoms with E-state index in [2.05, 4.69) is 76.1 Å². The van der Waals surface area contributed by atoms with E-state index in [1.165, 1.54) is 5.70 Å². The van der Waals surface area contributed by atoms with Crippen LogP contribution in [-0.2, 0) is 14.3 Å². The highest BCUT2D eigenvalue weighted by atomic mass is 16.5. The van der Waals surface area contributed by atoms with Crippen LogP contribution >= 0.6 is 0 Å². The lowest BCUT2D eigenvalue weighted by Gasteiger charge is -2.41. The third-order valence-corrected chi connectivity index (χ3v) is 10.1. The Kier molecular flexibility index (Phi) is 11.3. The number of hydrogen-bond donors (Lipinski definition) is 0. The molecule has 0 amide bonds. The third kappa shape index (κ3) is 8.18. The lowest BCUT2D eigenvalue weighted by Crippen LogP contribution is -2.44. The monoisotopic (exact) mass is 694 g/mol. The molecule has 11 nitrogen and oxygen atoms in total. The minimum Gasteiger partial charge on any atom is -0.482 e. The van der Waals surface area contributed by atoms with Crippen LogP contribution in [0.1, 0.15) is 57.6 Å². The standard InChI is InChI=1S/C21H18N6O.C20H24N2O2/c1-14-10-17(12-15-2-6-19(7-3-15)24-26-22)21(28)18(11-14)13-16-4-8-20(9-5-16)25-27-23;1-3-22(4-2)13-9-10-16-18(11-13)24-19-12-17(23)14-7-5-6-8-15(14)20(19)21-16/h2-9,12-14H,10-11H2,1H3;5-6,9-12,14-15,18,20H,3-4,7-8H2,1-2H3/b17-12+,18-13+;.